The van der Waals surface area contributed by atoms with Gasteiger partial charge < -0.3 is 16.8 Å². The highest BCUT2D eigenvalue weighted by atomic mass is 16.2. The molecule has 1 rings (SSSR count). The number of nitrogen functional groups attached to an aromatic ring is 1. The summed E-state index contributed by atoms with van der Waals surface area (Å²) in [6.45, 7) is 5.45. The Bertz CT molecular complexity index is 469. The zero-order valence-corrected chi connectivity index (χ0v) is 10.9. The monoisotopic (exact) mass is 249 g/mol. The predicted octanol–water partition coefficient (Wildman–Crippen LogP) is 0.817. The molecule has 1 aromatic rings. The number of carbonyl (C=O) groups excluding carboxylic acids is 2. The van der Waals surface area contributed by atoms with Crippen molar-refractivity contribution < 1.29 is 9.59 Å². The van der Waals surface area contributed by atoms with E-state index in [1.165, 1.54) is 0 Å². The van der Waals surface area contributed by atoms with Crippen LogP contribution in [0.5, 0.6) is 0 Å². The average molecular weight is 249 g/mol. The van der Waals surface area contributed by atoms with E-state index in [2.05, 4.69) is 5.32 Å². The molecule has 2 amide bonds. The predicted molar refractivity (Wildman–Crippen MR) is 70.9 cm³/mol. The van der Waals surface area contributed by atoms with Crippen molar-refractivity contribution in [1.82, 2.24) is 5.32 Å². The summed E-state index contributed by atoms with van der Waals surface area (Å²) in [6, 6.07) is 4.39. The summed E-state index contributed by atoms with van der Waals surface area (Å²) in [6.07, 6.45) is 0. The van der Waals surface area contributed by atoms with Gasteiger partial charge in [-0.2, -0.15) is 0 Å². The van der Waals surface area contributed by atoms with Crippen LogP contribution in [0.15, 0.2) is 18.2 Å². The number of hydrogen-bond donors (Lipinski definition) is 3. The average Bonchev–Trinajstić information content (AvgIpc) is 2.28. The van der Waals surface area contributed by atoms with Crippen LogP contribution in [-0.4, -0.2) is 17.9 Å². The molecule has 5 N–H and O–H groups in total. The fraction of sp³-hybridized carbons (Fsp3) is 0.385. The van der Waals surface area contributed by atoms with Crippen molar-refractivity contribution >= 4 is 17.5 Å². The maximum Gasteiger partial charge on any atom is 0.252 e. The Hall–Kier alpha value is -2.04. The van der Waals surface area contributed by atoms with Crippen LogP contribution >= 0.6 is 0 Å². The fourth-order valence-corrected chi connectivity index (χ4v) is 1.67. The number of amides is 2. The summed E-state index contributed by atoms with van der Waals surface area (Å²) in [7, 11) is 0. The minimum absolute atomic E-state index is 0.0622. The number of nitrogens with one attached hydrogen (secondary N) is 1. The molecule has 0 spiro atoms. The first-order chi connectivity index (χ1) is 8.32. The van der Waals surface area contributed by atoms with Crippen molar-refractivity contribution in [2.24, 2.45) is 11.7 Å². The Balaban J connectivity index is 2.94. The molecule has 0 aliphatic carbocycles. The summed E-state index contributed by atoms with van der Waals surface area (Å²) in [4.78, 5) is 23.3. The van der Waals surface area contributed by atoms with Gasteiger partial charge in [0.2, 0.25) is 5.91 Å². The molecule has 0 fully saturated rings. The lowest BCUT2D eigenvalue weighted by Crippen LogP contribution is -2.47. The van der Waals surface area contributed by atoms with Crippen LogP contribution in [0.2, 0.25) is 0 Å². The third-order valence-corrected chi connectivity index (χ3v) is 2.77. The van der Waals surface area contributed by atoms with Gasteiger partial charge in [0.05, 0.1) is 0 Å². The molecule has 5 nitrogen and oxygen atoms in total. The van der Waals surface area contributed by atoms with Gasteiger partial charge in [-0.3, -0.25) is 9.59 Å². The van der Waals surface area contributed by atoms with Crippen molar-refractivity contribution in [1.29, 1.82) is 0 Å². The van der Waals surface area contributed by atoms with E-state index in [0.717, 1.165) is 5.56 Å². The van der Waals surface area contributed by atoms with E-state index in [1.54, 1.807) is 18.2 Å². The molecule has 0 radical (unpaired) electrons. The molecule has 0 bridgehead atoms. The van der Waals surface area contributed by atoms with Gasteiger partial charge in [-0.05, 0) is 30.5 Å². The Labute approximate surface area is 107 Å². The van der Waals surface area contributed by atoms with Crippen LogP contribution in [0.1, 0.15) is 29.8 Å². The van der Waals surface area contributed by atoms with Gasteiger partial charge in [0.15, 0.2) is 0 Å². The lowest BCUT2D eigenvalue weighted by atomic mass is 10.0. The van der Waals surface area contributed by atoms with E-state index in [0.29, 0.717) is 11.3 Å². The van der Waals surface area contributed by atoms with Crippen LogP contribution in [0.25, 0.3) is 0 Å². The zero-order valence-electron chi connectivity index (χ0n) is 10.9. The van der Waals surface area contributed by atoms with Crippen molar-refractivity contribution in [3.05, 3.63) is 29.3 Å². The fourth-order valence-electron chi connectivity index (χ4n) is 1.67. The van der Waals surface area contributed by atoms with Crippen LogP contribution < -0.4 is 16.8 Å². The van der Waals surface area contributed by atoms with Crippen LogP contribution in [0, 0.1) is 12.8 Å². The Morgan fingerprint density at radius 1 is 1.28 bits per heavy atom. The van der Waals surface area contributed by atoms with E-state index in [4.69, 9.17) is 11.5 Å². The largest absolute Gasteiger partial charge is 0.399 e. The van der Waals surface area contributed by atoms with E-state index in [9.17, 15) is 9.59 Å². The van der Waals surface area contributed by atoms with Crippen molar-refractivity contribution in [2.45, 2.75) is 26.8 Å². The number of nitrogens with two attached hydrogens (primary N) is 2. The molecule has 0 heterocycles. The van der Waals surface area contributed by atoms with E-state index >= 15 is 0 Å². The van der Waals surface area contributed by atoms with Crippen LogP contribution in [-0.2, 0) is 4.79 Å². The second-order valence-electron chi connectivity index (χ2n) is 4.67. The molecule has 1 unspecified atom stereocenters. The maximum absolute atomic E-state index is 12.1. The maximum atomic E-state index is 12.1. The molecule has 0 saturated heterocycles. The van der Waals surface area contributed by atoms with E-state index < -0.39 is 11.9 Å². The van der Waals surface area contributed by atoms with Gasteiger partial charge in [0, 0.05) is 11.3 Å². The zero-order chi connectivity index (χ0) is 13.9. The highest BCUT2D eigenvalue weighted by Gasteiger charge is 2.22. The molecule has 0 aliphatic heterocycles. The topological polar surface area (TPSA) is 98.2 Å². The number of aryl methyl sites for hydroxylation is 1. The summed E-state index contributed by atoms with van der Waals surface area (Å²) in [5.74, 6) is -0.940. The first-order valence-electron chi connectivity index (χ1n) is 5.79. The summed E-state index contributed by atoms with van der Waals surface area (Å²) >= 11 is 0. The SMILES string of the molecule is Cc1ccc(N)cc1C(=O)NC(C(N)=O)C(C)C. The number of anilines is 1. The van der Waals surface area contributed by atoms with Crippen molar-refractivity contribution in [2.75, 3.05) is 5.73 Å². The molecule has 1 atom stereocenters. The summed E-state index contributed by atoms with van der Waals surface area (Å²) in [5, 5.41) is 2.63. The molecule has 98 valence electrons. The smallest absolute Gasteiger partial charge is 0.252 e. The highest BCUT2D eigenvalue weighted by Crippen LogP contribution is 2.13. The van der Waals surface area contributed by atoms with Crippen molar-refractivity contribution in [3.63, 3.8) is 0 Å². The Kier molecular flexibility index (Phi) is 4.31. The minimum Gasteiger partial charge on any atom is -0.399 e. The molecule has 0 aromatic heterocycles. The van der Waals surface area contributed by atoms with E-state index in [-0.39, 0.29) is 11.8 Å². The number of hydrogen-bond acceptors (Lipinski definition) is 3. The van der Waals surface area contributed by atoms with Crippen LogP contribution in [0.4, 0.5) is 5.69 Å². The number of benzene rings is 1. The minimum atomic E-state index is -0.682. The van der Waals surface area contributed by atoms with Gasteiger partial charge in [-0.15, -0.1) is 0 Å². The summed E-state index contributed by atoms with van der Waals surface area (Å²) < 4.78 is 0. The molecule has 0 saturated carbocycles. The molecule has 0 aliphatic rings. The Morgan fingerprint density at radius 3 is 2.39 bits per heavy atom. The van der Waals surface area contributed by atoms with E-state index in [1.807, 2.05) is 20.8 Å². The second-order valence-corrected chi connectivity index (χ2v) is 4.67. The summed E-state index contributed by atoms with van der Waals surface area (Å²) in [5.41, 5.74) is 12.7. The van der Waals surface area contributed by atoms with Gasteiger partial charge in [0.1, 0.15) is 6.04 Å². The molecule has 5 heteroatoms. The number of rotatable bonds is 4. The normalized spacial score (nSPS) is 12.2. The Morgan fingerprint density at radius 2 is 1.89 bits per heavy atom. The molecule has 1 aromatic carbocycles. The first-order valence-corrected chi connectivity index (χ1v) is 5.79. The van der Waals surface area contributed by atoms with Gasteiger partial charge in [-0.25, -0.2) is 0 Å². The lowest BCUT2D eigenvalue weighted by Gasteiger charge is -2.19. The van der Waals surface area contributed by atoms with Gasteiger partial charge in [-0.1, -0.05) is 19.9 Å². The first kappa shape index (κ1) is 14.0. The number of carbonyl (C=O) groups is 2. The number of primary amides is 1. The van der Waals surface area contributed by atoms with Gasteiger partial charge in [0.25, 0.3) is 5.91 Å². The van der Waals surface area contributed by atoms with Crippen LogP contribution in [0.3, 0.4) is 0 Å². The quantitative estimate of drug-likeness (QED) is 0.689. The third-order valence-electron chi connectivity index (χ3n) is 2.77. The van der Waals surface area contributed by atoms with Crippen molar-refractivity contribution in [3.8, 4) is 0 Å². The molecular weight excluding hydrogens is 230 g/mol. The van der Waals surface area contributed by atoms with Gasteiger partial charge >= 0.3 is 0 Å². The highest BCUT2D eigenvalue weighted by molar-refractivity contribution is 5.99. The molecular formula is C13H19N3O2. The second kappa shape index (κ2) is 5.53. The third kappa shape index (κ3) is 3.23. The standard InChI is InChI=1S/C13H19N3O2/c1-7(2)11(12(15)17)16-13(18)10-6-9(14)5-4-8(10)3/h4-7,11H,14H2,1-3H3,(H2,15,17)(H,16,18). The molecule has 18 heavy (non-hydrogen) atoms. The lowest BCUT2D eigenvalue weighted by molar-refractivity contribution is -0.120.